The zero-order chi connectivity index (χ0) is 18.5. The molecule has 0 heterocycles. The van der Waals surface area contributed by atoms with Gasteiger partial charge in [-0.2, -0.15) is 0 Å². The molecule has 1 aromatic rings. The lowest BCUT2D eigenvalue weighted by atomic mass is 9.87. The van der Waals surface area contributed by atoms with E-state index in [1.54, 1.807) is 7.11 Å². The van der Waals surface area contributed by atoms with E-state index in [4.69, 9.17) is 9.47 Å². The number of guanidine groups is 1. The van der Waals surface area contributed by atoms with Crippen molar-refractivity contribution < 1.29 is 9.47 Å². The van der Waals surface area contributed by atoms with Gasteiger partial charge in [-0.15, -0.1) is 24.0 Å². The molecule has 150 valence electrons. The number of aliphatic imine (C=N–C) groups is 1. The highest BCUT2D eigenvalue weighted by Crippen LogP contribution is 2.22. The number of methoxy groups -OCH3 is 1. The standard InChI is InChI=1S/C20H35N3O2.HI/c1-6-21-19(22-12-7-13-25-15-14-24-5)23-16-17-8-10-18(11-9-17)20(2,3)4;/h8-11H,6-7,12-16H2,1-5H3,(H2,21,22,23);1H. The van der Waals surface area contributed by atoms with Crippen LogP contribution in [0.3, 0.4) is 0 Å². The van der Waals surface area contributed by atoms with Crippen LogP contribution in [0.5, 0.6) is 0 Å². The number of ether oxygens (including phenoxy) is 2. The van der Waals surface area contributed by atoms with Crippen LogP contribution in [0.2, 0.25) is 0 Å². The zero-order valence-electron chi connectivity index (χ0n) is 16.9. The van der Waals surface area contributed by atoms with Gasteiger partial charge < -0.3 is 20.1 Å². The topological polar surface area (TPSA) is 54.9 Å². The van der Waals surface area contributed by atoms with Crippen molar-refractivity contribution in [1.82, 2.24) is 10.6 Å². The summed E-state index contributed by atoms with van der Waals surface area (Å²) in [7, 11) is 1.68. The molecule has 0 aromatic heterocycles. The minimum atomic E-state index is 0. The van der Waals surface area contributed by atoms with Gasteiger partial charge in [0.1, 0.15) is 0 Å². The third kappa shape index (κ3) is 11.0. The van der Waals surface area contributed by atoms with Gasteiger partial charge in [0, 0.05) is 26.8 Å². The molecule has 1 aromatic carbocycles. The lowest BCUT2D eigenvalue weighted by Gasteiger charge is -2.19. The van der Waals surface area contributed by atoms with E-state index < -0.39 is 0 Å². The van der Waals surface area contributed by atoms with Crippen molar-refractivity contribution in [3.8, 4) is 0 Å². The highest BCUT2D eigenvalue weighted by atomic mass is 127. The highest BCUT2D eigenvalue weighted by molar-refractivity contribution is 14.0. The Hall–Kier alpha value is -0.860. The molecule has 0 bridgehead atoms. The molecule has 26 heavy (non-hydrogen) atoms. The van der Waals surface area contributed by atoms with Crippen LogP contribution in [0.4, 0.5) is 0 Å². The maximum Gasteiger partial charge on any atom is 0.191 e. The van der Waals surface area contributed by atoms with Crippen LogP contribution in [0.25, 0.3) is 0 Å². The van der Waals surface area contributed by atoms with Gasteiger partial charge >= 0.3 is 0 Å². The quantitative estimate of drug-likeness (QED) is 0.234. The van der Waals surface area contributed by atoms with E-state index in [0.717, 1.165) is 32.1 Å². The van der Waals surface area contributed by atoms with E-state index in [2.05, 4.69) is 67.6 Å². The lowest BCUT2D eigenvalue weighted by Crippen LogP contribution is -2.38. The molecule has 6 heteroatoms. The molecule has 1 rings (SSSR count). The molecular weight excluding hydrogens is 441 g/mol. The number of rotatable bonds is 10. The van der Waals surface area contributed by atoms with Gasteiger partial charge in [0.2, 0.25) is 0 Å². The predicted octanol–water partition coefficient (Wildman–Crippen LogP) is 3.71. The van der Waals surface area contributed by atoms with Crippen LogP contribution >= 0.6 is 24.0 Å². The number of nitrogens with zero attached hydrogens (tertiary/aromatic N) is 1. The van der Waals surface area contributed by atoms with E-state index >= 15 is 0 Å². The highest BCUT2D eigenvalue weighted by Gasteiger charge is 2.12. The largest absolute Gasteiger partial charge is 0.382 e. The SMILES string of the molecule is CCNC(=NCc1ccc(C(C)(C)C)cc1)NCCCOCCOC.I. The van der Waals surface area contributed by atoms with E-state index in [0.29, 0.717) is 19.8 Å². The second-order valence-electron chi connectivity index (χ2n) is 7.03. The first-order valence-electron chi connectivity index (χ1n) is 9.15. The molecule has 0 radical (unpaired) electrons. The van der Waals surface area contributed by atoms with Gasteiger partial charge in [0.05, 0.1) is 19.8 Å². The second-order valence-corrected chi connectivity index (χ2v) is 7.03. The molecule has 5 nitrogen and oxygen atoms in total. The number of halogens is 1. The van der Waals surface area contributed by atoms with Gasteiger partial charge in [-0.3, -0.25) is 0 Å². The summed E-state index contributed by atoms with van der Waals surface area (Å²) in [6, 6.07) is 8.72. The summed E-state index contributed by atoms with van der Waals surface area (Å²) in [5.74, 6) is 0.847. The smallest absolute Gasteiger partial charge is 0.191 e. The first-order valence-corrected chi connectivity index (χ1v) is 9.15. The van der Waals surface area contributed by atoms with Gasteiger partial charge in [-0.05, 0) is 29.9 Å². The zero-order valence-corrected chi connectivity index (χ0v) is 19.3. The summed E-state index contributed by atoms with van der Waals surface area (Å²) >= 11 is 0. The summed E-state index contributed by atoms with van der Waals surface area (Å²) in [5, 5.41) is 6.62. The Morgan fingerprint density at radius 3 is 2.31 bits per heavy atom. The number of hydrogen-bond donors (Lipinski definition) is 2. The fourth-order valence-electron chi connectivity index (χ4n) is 2.25. The molecule has 2 N–H and O–H groups in total. The fourth-order valence-corrected chi connectivity index (χ4v) is 2.25. The Morgan fingerprint density at radius 1 is 1.04 bits per heavy atom. The molecule has 0 aliphatic heterocycles. The fraction of sp³-hybridized carbons (Fsp3) is 0.650. The second kappa shape index (κ2) is 14.2. The van der Waals surface area contributed by atoms with Crippen LogP contribution in [0, 0.1) is 0 Å². The predicted molar refractivity (Wildman–Crippen MR) is 121 cm³/mol. The van der Waals surface area contributed by atoms with E-state index in [1.165, 1.54) is 11.1 Å². The van der Waals surface area contributed by atoms with Crippen LogP contribution in [0.15, 0.2) is 29.3 Å². The number of nitrogens with one attached hydrogen (secondary N) is 2. The maximum absolute atomic E-state index is 5.46. The molecular formula is C20H36IN3O2. The average Bonchev–Trinajstić information content (AvgIpc) is 2.58. The Kier molecular flexibility index (Phi) is 13.8. The van der Waals surface area contributed by atoms with Gasteiger partial charge in [-0.25, -0.2) is 4.99 Å². The van der Waals surface area contributed by atoms with Gasteiger partial charge in [0.15, 0.2) is 5.96 Å². The average molecular weight is 477 g/mol. The van der Waals surface area contributed by atoms with Crippen molar-refractivity contribution in [2.24, 2.45) is 4.99 Å². The molecule has 0 spiro atoms. The summed E-state index contributed by atoms with van der Waals surface area (Å²) < 4.78 is 10.4. The number of hydrogen-bond acceptors (Lipinski definition) is 3. The van der Waals surface area contributed by atoms with Crippen molar-refractivity contribution in [2.75, 3.05) is 40.0 Å². The first kappa shape index (κ1) is 25.1. The normalized spacial score (nSPS) is 11.8. The van der Waals surface area contributed by atoms with E-state index in [1.807, 2.05) is 0 Å². The minimum absolute atomic E-state index is 0. The molecule has 0 aliphatic carbocycles. The Labute approximate surface area is 176 Å². The minimum Gasteiger partial charge on any atom is -0.382 e. The summed E-state index contributed by atoms with van der Waals surface area (Å²) in [6.45, 7) is 13.1. The van der Waals surface area contributed by atoms with Gasteiger partial charge in [-0.1, -0.05) is 45.0 Å². The van der Waals surface area contributed by atoms with Crippen LogP contribution in [0.1, 0.15) is 45.2 Å². The molecule has 0 saturated carbocycles. The lowest BCUT2D eigenvalue weighted by molar-refractivity contribution is 0.0698. The Morgan fingerprint density at radius 2 is 1.73 bits per heavy atom. The monoisotopic (exact) mass is 477 g/mol. The van der Waals surface area contributed by atoms with Crippen LogP contribution < -0.4 is 10.6 Å². The third-order valence-corrected chi connectivity index (χ3v) is 3.77. The summed E-state index contributed by atoms with van der Waals surface area (Å²) in [6.07, 6.45) is 0.939. The molecule has 0 saturated heterocycles. The number of benzene rings is 1. The van der Waals surface area contributed by atoms with Gasteiger partial charge in [0.25, 0.3) is 0 Å². The maximum atomic E-state index is 5.46. The van der Waals surface area contributed by atoms with Crippen molar-refractivity contribution in [3.63, 3.8) is 0 Å². The molecule has 0 amide bonds. The molecule has 0 aliphatic rings. The summed E-state index contributed by atoms with van der Waals surface area (Å²) in [4.78, 5) is 4.66. The Bertz CT molecular complexity index is 499. The van der Waals surface area contributed by atoms with E-state index in [9.17, 15) is 0 Å². The Balaban J connectivity index is 0.00000625. The van der Waals surface area contributed by atoms with Crippen LogP contribution in [-0.2, 0) is 21.4 Å². The molecule has 0 fully saturated rings. The van der Waals surface area contributed by atoms with Crippen molar-refractivity contribution in [3.05, 3.63) is 35.4 Å². The van der Waals surface area contributed by atoms with E-state index in [-0.39, 0.29) is 29.4 Å². The first-order chi connectivity index (χ1) is 12.0. The van der Waals surface area contributed by atoms with Crippen molar-refractivity contribution in [2.45, 2.75) is 46.1 Å². The molecule has 0 atom stereocenters. The molecule has 0 unspecified atom stereocenters. The van der Waals surface area contributed by atoms with Crippen molar-refractivity contribution in [1.29, 1.82) is 0 Å². The third-order valence-electron chi connectivity index (χ3n) is 3.77. The van der Waals surface area contributed by atoms with Crippen molar-refractivity contribution >= 4 is 29.9 Å². The summed E-state index contributed by atoms with van der Waals surface area (Å²) in [5.41, 5.74) is 2.75. The van der Waals surface area contributed by atoms with Crippen LogP contribution in [-0.4, -0.2) is 46.0 Å².